The summed E-state index contributed by atoms with van der Waals surface area (Å²) in [5, 5.41) is 12.3. The lowest BCUT2D eigenvalue weighted by molar-refractivity contribution is 0.0694. The number of carbonyl (C=O) groups excluding carboxylic acids is 1. The van der Waals surface area contributed by atoms with E-state index in [1.165, 1.54) is 29.1 Å². The lowest BCUT2D eigenvalue weighted by Gasteiger charge is -2.09. The van der Waals surface area contributed by atoms with Crippen LogP contribution in [-0.4, -0.2) is 33.1 Å². The normalized spacial score (nSPS) is 10.3. The molecule has 8 nitrogen and oxygen atoms in total. The molecule has 0 aromatic carbocycles. The first kappa shape index (κ1) is 17.0. The number of aryl methyl sites for hydroxylation is 1. The molecule has 2 heterocycles. The molecule has 0 fully saturated rings. The molecule has 2 rings (SSSR count). The maximum absolute atomic E-state index is 11.9. The van der Waals surface area contributed by atoms with Crippen LogP contribution in [0.5, 0.6) is 0 Å². The molecule has 0 spiro atoms. The van der Waals surface area contributed by atoms with Crippen molar-refractivity contribution in [1.82, 2.24) is 9.55 Å². The zero-order valence-electron chi connectivity index (χ0n) is 12.2. The van der Waals surface area contributed by atoms with E-state index in [-0.39, 0.29) is 16.6 Å². The van der Waals surface area contributed by atoms with Crippen molar-refractivity contribution in [2.24, 2.45) is 10.9 Å². The molecule has 3 N–H and O–H groups in total. The Morgan fingerprint density at radius 3 is 2.59 bits per heavy atom. The van der Waals surface area contributed by atoms with Gasteiger partial charge >= 0.3 is 5.97 Å². The number of aromatic carboxylic acids is 1. The van der Waals surface area contributed by atoms with Gasteiger partial charge in [0.2, 0.25) is 5.43 Å². The van der Waals surface area contributed by atoms with Gasteiger partial charge in [0.15, 0.2) is 6.29 Å². The Kier molecular flexibility index (Phi) is 5.94. The van der Waals surface area contributed by atoms with E-state index in [4.69, 9.17) is 5.11 Å². The number of aromatic nitrogens is 2. The number of carbonyl (C=O) groups is 2. The number of pyridine rings is 2. The molecular weight excluding hydrogens is 288 g/mol. The van der Waals surface area contributed by atoms with Crippen LogP contribution in [0.1, 0.15) is 34.7 Å². The number of fused-ring (bicyclic) bond motifs is 1. The lowest BCUT2D eigenvalue weighted by Crippen LogP contribution is -2.19. The fourth-order valence-corrected chi connectivity index (χ4v) is 1.74. The molecule has 0 atom stereocenters. The quantitative estimate of drug-likeness (QED) is 0.375. The van der Waals surface area contributed by atoms with Gasteiger partial charge in [0.25, 0.3) is 0 Å². The molecule has 22 heavy (non-hydrogen) atoms. The number of hydrogen-bond acceptors (Lipinski definition) is 6. The number of hydrogen-bond donors (Lipinski definition) is 2. The van der Waals surface area contributed by atoms with Crippen molar-refractivity contribution in [3.63, 3.8) is 0 Å². The van der Waals surface area contributed by atoms with Crippen LogP contribution in [0.2, 0.25) is 0 Å². The Labute approximate surface area is 125 Å². The molecule has 2 aromatic rings. The number of nitrogens with zero attached hydrogens (tertiary/aromatic N) is 3. The van der Waals surface area contributed by atoms with Gasteiger partial charge in [0.05, 0.1) is 5.39 Å². The summed E-state index contributed by atoms with van der Waals surface area (Å²) in [7, 11) is 0. The van der Waals surface area contributed by atoms with Crippen LogP contribution in [0.4, 0.5) is 0 Å². The van der Waals surface area contributed by atoms with E-state index in [1.807, 2.05) is 0 Å². The molecular formula is C14H16N4O4. The summed E-state index contributed by atoms with van der Waals surface area (Å²) in [4.78, 5) is 37.6. The zero-order chi connectivity index (χ0) is 16.7. The third-order valence-corrected chi connectivity index (χ3v) is 2.78. The third-order valence-electron chi connectivity index (χ3n) is 2.78. The molecule has 116 valence electrons. The molecule has 0 saturated heterocycles. The van der Waals surface area contributed by atoms with E-state index in [0.29, 0.717) is 18.5 Å². The minimum absolute atomic E-state index is 0.197. The fourth-order valence-electron chi connectivity index (χ4n) is 1.74. The highest BCUT2D eigenvalue weighted by atomic mass is 16.4. The first-order valence-corrected chi connectivity index (χ1v) is 6.40. The van der Waals surface area contributed by atoms with Gasteiger partial charge in [-0.15, -0.1) is 0 Å². The van der Waals surface area contributed by atoms with Crippen LogP contribution in [0, 0.1) is 0 Å². The van der Waals surface area contributed by atoms with Crippen LogP contribution in [0.25, 0.3) is 11.0 Å². The maximum atomic E-state index is 11.9. The summed E-state index contributed by atoms with van der Waals surface area (Å²) < 4.78 is 1.53. The van der Waals surface area contributed by atoms with Gasteiger partial charge in [0.1, 0.15) is 16.9 Å². The Bertz CT molecular complexity index is 776. The summed E-state index contributed by atoms with van der Waals surface area (Å²) in [6.07, 6.45) is 3.35. The van der Waals surface area contributed by atoms with Gasteiger partial charge < -0.3 is 15.5 Å². The minimum atomic E-state index is -1.27. The summed E-state index contributed by atoms with van der Waals surface area (Å²) in [5.74, 6) is 3.32. The average molecular weight is 304 g/mol. The Morgan fingerprint density at radius 2 is 2.14 bits per heavy atom. The van der Waals surface area contributed by atoms with Gasteiger partial charge in [-0.3, -0.25) is 9.59 Å². The van der Waals surface area contributed by atoms with Crippen LogP contribution < -0.4 is 11.3 Å². The smallest absolute Gasteiger partial charge is 0.341 e. The third kappa shape index (κ3) is 3.54. The molecule has 0 aliphatic heterocycles. The highest BCUT2D eigenvalue weighted by molar-refractivity contribution is 5.92. The number of carboxylic acids is 1. The van der Waals surface area contributed by atoms with Crippen LogP contribution >= 0.6 is 0 Å². The summed E-state index contributed by atoms with van der Waals surface area (Å²) in [6.45, 7) is 4.01. The van der Waals surface area contributed by atoms with E-state index in [2.05, 4.69) is 15.9 Å². The average Bonchev–Trinajstić information content (AvgIpc) is 2.54. The largest absolute Gasteiger partial charge is 0.477 e. The van der Waals surface area contributed by atoms with Gasteiger partial charge in [-0.1, -0.05) is 0 Å². The monoisotopic (exact) mass is 304 g/mol. The standard InChI is InChI=1S/C12H10N2O4.C2H6N2/c1-2-14-5-9(12(17)18)10(16)8-4-3-7(6-15)13-11(8)14;1-2-4-3/h3-6H,2H2,1H3,(H,17,18);2H,3H2,1H3. The van der Waals surface area contributed by atoms with Gasteiger partial charge in [-0.25, -0.2) is 9.78 Å². The Hall–Kier alpha value is -3.03. The molecule has 0 aliphatic carbocycles. The summed E-state index contributed by atoms with van der Waals surface area (Å²) >= 11 is 0. The van der Waals surface area contributed by atoms with Crippen molar-refractivity contribution >= 4 is 29.5 Å². The first-order chi connectivity index (χ1) is 10.5. The van der Waals surface area contributed by atoms with Gasteiger partial charge in [-0.2, -0.15) is 5.10 Å². The summed E-state index contributed by atoms with van der Waals surface area (Å²) in [5.41, 5.74) is -0.374. The lowest BCUT2D eigenvalue weighted by atomic mass is 10.2. The van der Waals surface area contributed by atoms with Crippen LogP contribution in [0.15, 0.2) is 28.2 Å². The van der Waals surface area contributed by atoms with Crippen molar-refractivity contribution in [2.75, 3.05) is 0 Å². The molecule has 0 aliphatic rings. The van der Waals surface area contributed by atoms with E-state index < -0.39 is 11.4 Å². The SMILES string of the molecule is CC=NN.CCn1cc(C(=O)O)c(=O)c2ccc(C=O)nc21. The predicted molar refractivity (Wildman–Crippen MR) is 82.4 cm³/mol. The van der Waals surface area contributed by atoms with E-state index in [0.717, 1.165) is 0 Å². The van der Waals surface area contributed by atoms with Crippen molar-refractivity contribution in [1.29, 1.82) is 0 Å². The Morgan fingerprint density at radius 1 is 1.50 bits per heavy atom. The first-order valence-electron chi connectivity index (χ1n) is 6.40. The van der Waals surface area contributed by atoms with Gasteiger partial charge in [-0.05, 0) is 26.0 Å². The second kappa shape index (κ2) is 7.67. The van der Waals surface area contributed by atoms with E-state index in [9.17, 15) is 14.4 Å². The molecule has 8 heteroatoms. The van der Waals surface area contributed by atoms with E-state index >= 15 is 0 Å². The highest BCUT2D eigenvalue weighted by Crippen LogP contribution is 2.10. The molecule has 0 saturated carbocycles. The predicted octanol–water partition coefficient (Wildman–Crippen LogP) is 0.878. The number of rotatable bonds is 3. The van der Waals surface area contributed by atoms with E-state index in [1.54, 1.807) is 13.8 Å². The molecule has 0 radical (unpaired) electrons. The molecule has 0 amide bonds. The highest BCUT2D eigenvalue weighted by Gasteiger charge is 2.14. The number of aldehydes is 1. The molecule has 0 bridgehead atoms. The van der Waals surface area contributed by atoms with Crippen LogP contribution in [0.3, 0.4) is 0 Å². The number of nitrogens with two attached hydrogens (primary N) is 1. The Balaban J connectivity index is 0.000000541. The van der Waals surface area contributed by atoms with Crippen molar-refractivity contribution < 1.29 is 14.7 Å². The topological polar surface area (TPSA) is 128 Å². The van der Waals surface area contributed by atoms with Crippen molar-refractivity contribution in [3.05, 3.63) is 39.8 Å². The van der Waals surface area contributed by atoms with Gasteiger partial charge in [0, 0.05) is 19.0 Å². The zero-order valence-corrected chi connectivity index (χ0v) is 12.2. The van der Waals surface area contributed by atoms with Crippen LogP contribution in [-0.2, 0) is 6.54 Å². The van der Waals surface area contributed by atoms with Crippen molar-refractivity contribution in [3.8, 4) is 0 Å². The summed E-state index contributed by atoms with van der Waals surface area (Å²) in [6, 6.07) is 2.81. The second-order valence-electron chi connectivity index (χ2n) is 4.10. The second-order valence-corrected chi connectivity index (χ2v) is 4.10. The fraction of sp³-hybridized carbons (Fsp3) is 0.214. The number of hydrazone groups is 1. The number of carboxylic acid groups (broad SMARTS) is 1. The minimum Gasteiger partial charge on any atom is -0.477 e. The molecule has 2 aromatic heterocycles. The molecule has 0 unspecified atom stereocenters. The maximum Gasteiger partial charge on any atom is 0.341 e. The van der Waals surface area contributed by atoms with Crippen molar-refractivity contribution in [2.45, 2.75) is 20.4 Å².